The van der Waals surface area contributed by atoms with E-state index in [9.17, 15) is 13.5 Å². The highest BCUT2D eigenvalue weighted by Crippen LogP contribution is 2.36. The molecule has 1 saturated carbocycles. The fraction of sp³-hybridized carbons (Fsp3) is 0.467. The molecule has 3 heterocycles. The van der Waals surface area contributed by atoms with Gasteiger partial charge in [-0.1, -0.05) is 11.3 Å². The molecule has 1 aliphatic carbocycles. The van der Waals surface area contributed by atoms with E-state index in [1.165, 1.54) is 6.33 Å². The van der Waals surface area contributed by atoms with Crippen LogP contribution in [0.1, 0.15) is 23.8 Å². The van der Waals surface area contributed by atoms with E-state index in [1.54, 1.807) is 16.0 Å². The Kier molecular flexibility index (Phi) is 5.25. The van der Waals surface area contributed by atoms with Crippen molar-refractivity contribution in [3.8, 4) is 0 Å². The largest absolute Gasteiger partial charge is 0.393 e. The molecule has 3 aromatic rings. The second-order valence-corrected chi connectivity index (χ2v) is 8.84. The van der Waals surface area contributed by atoms with Gasteiger partial charge >= 0.3 is 10.3 Å². The number of aliphatic hydroxyl groups is 1. The van der Waals surface area contributed by atoms with Gasteiger partial charge in [0.2, 0.25) is 0 Å². The maximum Gasteiger partial charge on any atom is 0.333 e. The zero-order valence-electron chi connectivity index (χ0n) is 14.7. The molecule has 0 aliphatic heterocycles. The molecule has 0 radical (unpaired) electrons. The molecule has 4 rings (SSSR count). The SMILES string of the molecule is NS(=O)(=O)OCC1CC(n2nnc3c(NCc4cccs4)ncnc32)CC1O. The Morgan fingerprint density at radius 1 is 1.39 bits per heavy atom. The molecule has 0 saturated heterocycles. The van der Waals surface area contributed by atoms with Gasteiger partial charge in [-0.25, -0.2) is 19.8 Å². The number of hydrogen-bond acceptors (Lipinski definition) is 10. The lowest BCUT2D eigenvalue weighted by molar-refractivity contribution is 0.100. The summed E-state index contributed by atoms with van der Waals surface area (Å²) in [5.74, 6) is 0.207. The zero-order valence-corrected chi connectivity index (χ0v) is 16.3. The third-order valence-electron chi connectivity index (χ3n) is 4.70. The average molecular weight is 425 g/mol. The number of aromatic nitrogens is 5. The molecule has 0 spiro atoms. The van der Waals surface area contributed by atoms with E-state index >= 15 is 0 Å². The van der Waals surface area contributed by atoms with E-state index in [2.05, 4.69) is 29.8 Å². The van der Waals surface area contributed by atoms with Crippen LogP contribution in [-0.2, 0) is 21.0 Å². The van der Waals surface area contributed by atoms with Gasteiger partial charge in [0.15, 0.2) is 17.0 Å². The van der Waals surface area contributed by atoms with Crippen LogP contribution in [0.3, 0.4) is 0 Å². The van der Waals surface area contributed by atoms with Gasteiger partial charge in [0, 0.05) is 10.8 Å². The molecule has 3 atom stereocenters. The summed E-state index contributed by atoms with van der Waals surface area (Å²) in [6, 6.07) is 3.82. The van der Waals surface area contributed by atoms with Gasteiger partial charge in [0.05, 0.1) is 25.3 Å². The summed E-state index contributed by atoms with van der Waals surface area (Å²) in [5, 5.41) is 28.7. The van der Waals surface area contributed by atoms with Gasteiger partial charge in [-0.15, -0.1) is 16.4 Å². The van der Waals surface area contributed by atoms with Crippen LogP contribution >= 0.6 is 11.3 Å². The van der Waals surface area contributed by atoms with Crippen molar-refractivity contribution < 1.29 is 17.7 Å². The second-order valence-electron chi connectivity index (χ2n) is 6.59. The second kappa shape index (κ2) is 7.67. The lowest BCUT2D eigenvalue weighted by Gasteiger charge is -2.12. The third-order valence-corrected chi connectivity index (χ3v) is 6.04. The zero-order chi connectivity index (χ0) is 19.7. The first-order chi connectivity index (χ1) is 13.4. The summed E-state index contributed by atoms with van der Waals surface area (Å²) >= 11 is 1.64. The van der Waals surface area contributed by atoms with Crippen LogP contribution in [-0.4, -0.2) is 51.2 Å². The number of anilines is 1. The average Bonchev–Trinajstić information content (AvgIpc) is 3.37. The van der Waals surface area contributed by atoms with Gasteiger partial charge in [0.25, 0.3) is 0 Å². The van der Waals surface area contributed by atoms with Crippen molar-refractivity contribution in [2.24, 2.45) is 11.1 Å². The minimum absolute atomic E-state index is 0.175. The van der Waals surface area contributed by atoms with Gasteiger partial charge in [0.1, 0.15) is 6.33 Å². The van der Waals surface area contributed by atoms with Crippen molar-refractivity contribution in [1.82, 2.24) is 25.0 Å². The van der Waals surface area contributed by atoms with Gasteiger partial charge in [-0.2, -0.15) is 8.42 Å². The van der Waals surface area contributed by atoms with Crippen LogP contribution in [0.25, 0.3) is 11.2 Å². The molecule has 150 valence electrons. The van der Waals surface area contributed by atoms with Crippen LogP contribution in [0.15, 0.2) is 23.8 Å². The molecular formula is C15H19N7O4S2. The molecule has 1 aliphatic rings. The van der Waals surface area contributed by atoms with E-state index in [0.29, 0.717) is 36.4 Å². The first-order valence-corrected chi connectivity index (χ1v) is 10.9. The van der Waals surface area contributed by atoms with E-state index in [4.69, 9.17) is 5.14 Å². The maximum absolute atomic E-state index is 11.0. The van der Waals surface area contributed by atoms with E-state index in [0.717, 1.165) is 4.88 Å². The Hall–Kier alpha value is -2.19. The van der Waals surface area contributed by atoms with E-state index < -0.39 is 16.4 Å². The molecule has 3 aromatic heterocycles. The Morgan fingerprint density at radius 3 is 3.00 bits per heavy atom. The summed E-state index contributed by atoms with van der Waals surface area (Å²) in [7, 11) is -4.05. The highest BCUT2D eigenvalue weighted by atomic mass is 32.2. The molecule has 3 unspecified atom stereocenters. The minimum Gasteiger partial charge on any atom is -0.393 e. The Morgan fingerprint density at radius 2 is 2.25 bits per heavy atom. The number of thiophene rings is 1. The van der Waals surface area contributed by atoms with Crippen LogP contribution in [0, 0.1) is 5.92 Å². The fourth-order valence-electron chi connectivity index (χ4n) is 3.36. The van der Waals surface area contributed by atoms with Crippen molar-refractivity contribution >= 4 is 38.6 Å². The lowest BCUT2D eigenvalue weighted by atomic mass is 10.1. The number of nitrogens with zero attached hydrogens (tertiary/aromatic N) is 5. The lowest BCUT2D eigenvalue weighted by Crippen LogP contribution is -2.24. The molecule has 0 aromatic carbocycles. The number of nitrogens with one attached hydrogen (secondary N) is 1. The molecule has 1 fully saturated rings. The summed E-state index contributed by atoms with van der Waals surface area (Å²) in [4.78, 5) is 9.70. The summed E-state index contributed by atoms with van der Waals surface area (Å²) in [6.45, 7) is 0.442. The summed E-state index contributed by atoms with van der Waals surface area (Å²) in [6.07, 6.45) is 1.56. The van der Waals surface area contributed by atoms with Crippen molar-refractivity contribution in [2.45, 2.75) is 31.5 Å². The number of hydrogen-bond donors (Lipinski definition) is 3. The van der Waals surface area contributed by atoms with Crippen molar-refractivity contribution in [1.29, 1.82) is 0 Å². The number of nitrogens with two attached hydrogens (primary N) is 1. The smallest absolute Gasteiger partial charge is 0.333 e. The number of rotatable bonds is 7. The number of aliphatic hydroxyl groups excluding tert-OH is 1. The molecule has 0 bridgehead atoms. The summed E-state index contributed by atoms with van der Waals surface area (Å²) < 4.78 is 28.3. The molecule has 0 amide bonds. The van der Waals surface area contributed by atoms with Crippen LogP contribution in [0.2, 0.25) is 0 Å². The van der Waals surface area contributed by atoms with Gasteiger partial charge in [-0.05, 0) is 24.3 Å². The topological polar surface area (TPSA) is 158 Å². The minimum atomic E-state index is -4.05. The van der Waals surface area contributed by atoms with Gasteiger partial charge in [-0.3, -0.25) is 4.18 Å². The van der Waals surface area contributed by atoms with E-state index in [-0.39, 0.29) is 18.6 Å². The van der Waals surface area contributed by atoms with Crippen molar-refractivity contribution in [3.63, 3.8) is 0 Å². The fourth-order valence-corrected chi connectivity index (χ4v) is 4.37. The molecular weight excluding hydrogens is 406 g/mol. The Bertz CT molecular complexity index is 1050. The maximum atomic E-state index is 11.0. The Balaban J connectivity index is 1.51. The third kappa shape index (κ3) is 4.12. The summed E-state index contributed by atoms with van der Waals surface area (Å²) in [5.41, 5.74) is 1.09. The highest BCUT2D eigenvalue weighted by Gasteiger charge is 2.36. The predicted octanol–water partition coefficient (Wildman–Crippen LogP) is 0.427. The quantitative estimate of drug-likeness (QED) is 0.488. The monoisotopic (exact) mass is 425 g/mol. The Labute approximate surface area is 164 Å². The number of fused-ring (bicyclic) bond motifs is 1. The van der Waals surface area contributed by atoms with Gasteiger partial charge < -0.3 is 10.4 Å². The molecule has 13 heteroatoms. The molecule has 11 nitrogen and oxygen atoms in total. The highest BCUT2D eigenvalue weighted by molar-refractivity contribution is 7.84. The predicted molar refractivity (Wildman–Crippen MR) is 102 cm³/mol. The normalized spacial score (nSPS) is 22.7. The first-order valence-electron chi connectivity index (χ1n) is 8.58. The van der Waals surface area contributed by atoms with E-state index in [1.807, 2.05) is 17.5 Å². The first kappa shape index (κ1) is 19.1. The van der Waals surface area contributed by atoms with Crippen molar-refractivity contribution in [2.75, 3.05) is 11.9 Å². The standard InChI is InChI=1S/C15H19N7O4S2/c16-28(24,25)26-7-9-4-10(5-12(9)23)22-15-13(20-21-22)14(18-8-19-15)17-6-11-2-1-3-27-11/h1-3,8-10,12,23H,4-7H2,(H2,16,24,25)(H,17,18,19). The van der Waals surface area contributed by atoms with Crippen LogP contribution in [0.4, 0.5) is 5.82 Å². The molecule has 4 N–H and O–H groups in total. The van der Waals surface area contributed by atoms with Crippen molar-refractivity contribution in [3.05, 3.63) is 28.7 Å². The van der Waals surface area contributed by atoms with Crippen LogP contribution in [0.5, 0.6) is 0 Å². The van der Waals surface area contributed by atoms with Crippen LogP contribution < -0.4 is 10.5 Å². The molecule has 28 heavy (non-hydrogen) atoms.